The molecule has 0 aromatic heterocycles. The second-order valence-electron chi connectivity index (χ2n) is 10.5. The third-order valence-corrected chi connectivity index (χ3v) is 18.3. The van der Waals surface area contributed by atoms with Crippen LogP contribution >= 0.6 is 94.1 Å². The third-order valence-electron chi connectivity index (χ3n) is 6.53. The largest absolute Gasteiger partial charge is 0.478 e. The minimum Gasteiger partial charge on any atom is -0.478 e. The summed E-state index contributed by atoms with van der Waals surface area (Å²) in [6.07, 6.45) is 4.67. The van der Waals surface area contributed by atoms with E-state index in [9.17, 15) is 19.2 Å². The maximum absolute atomic E-state index is 12.1. The molecule has 0 aromatic rings. The lowest BCUT2D eigenvalue weighted by Gasteiger charge is -2.28. The van der Waals surface area contributed by atoms with Crippen LogP contribution in [-0.2, 0) is 38.1 Å². The number of carboxylic acid groups (broad SMARTS) is 2. The van der Waals surface area contributed by atoms with E-state index in [0.29, 0.717) is 33.9 Å². The second-order valence-corrected chi connectivity index (χ2v) is 21.3. The van der Waals surface area contributed by atoms with Crippen LogP contribution in [0.4, 0.5) is 0 Å². The highest BCUT2D eigenvalue weighted by Crippen LogP contribution is 2.36. The molecule has 0 saturated carbocycles. The molecule has 0 radical (unpaired) electrons. The molecule has 4 unspecified atom stereocenters. The van der Waals surface area contributed by atoms with Gasteiger partial charge in [-0.3, -0.25) is 0 Å². The molecule has 272 valence electrons. The molecule has 0 spiro atoms. The van der Waals surface area contributed by atoms with E-state index in [1.165, 1.54) is 23.0 Å². The van der Waals surface area contributed by atoms with Gasteiger partial charge in [-0.1, -0.05) is 0 Å². The van der Waals surface area contributed by atoms with Gasteiger partial charge in [-0.25, -0.2) is 19.2 Å². The molecule has 3 saturated heterocycles. The first kappa shape index (κ1) is 42.5. The topological polar surface area (TPSA) is 146 Å². The number of esters is 2. The summed E-state index contributed by atoms with van der Waals surface area (Å²) in [5.41, 5.74) is 0. The predicted octanol–water partition coefficient (Wildman–Crippen LogP) is 5.20. The second kappa shape index (κ2) is 25.9. The zero-order valence-electron chi connectivity index (χ0n) is 26.5. The predicted molar refractivity (Wildman–Crippen MR) is 209 cm³/mol. The van der Waals surface area contributed by atoms with Crippen LogP contribution in [-0.4, -0.2) is 150 Å². The molecule has 0 amide bonds. The molecule has 10 nitrogen and oxygen atoms in total. The monoisotopic (exact) mass is 820 g/mol. The Morgan fingerprint density at radius 1 is 0.625 bits per heavy atom. The molecule has 0 aromatic carbocycles. The van der Waals surface area contributed by atoms with Gasteiger partial charge in [0, 0.05) is 80.8 Å². The Morgan fingerprint density at radius 3 is 1.38 bits per heavy atom. The fourth-order valence-corrected chi connectivity index (χ4v) is 15.3. The molecule has 3 rings (SSSR count). The van der Waals surface area contributed by atoms with Crippen LogP contribution in [0, 0.1) is 0 Å². The van der Waals surface area contributed by atoms with Crippen LogP contribution in [0.1, 0.15) is 12.8 Å². The highest BCUT2D eigenvalue weighted by atomic mass is 32.2. The van der Waals surface area contributed by atoms with E-state index >= 15 is 0 Å². The highest BCUT2D eigenvalue weighted by Gasteiger charge is 2.25. The minimum atomic E-state index is -1.20. The molecule has 48 heavy (non-hydrogen) atoms. The van der Waals surface area contributed by atoms with Crippen molar-refractivity contribution in [3.05, 3.63) is 24.3 Å². The fraction of sp³-hybridized carbons (Fsp3) is 0.733. The zero-order valence-corrected chi connectivity index (χ0v) is 33.0. The third kappa shape index (κ3) is 20.2. The molecule has 0 aliphatic carbocycles. The van der Waals surface area contributed by atoms with Crippen molar-refractivity contribution >= 4 is 118 Å². The number of ether oxygens (including phenoxy) is 4. The maximum Gasteiger partial charge on any atom is 0.331 e. The summed E-state index contributed by atoms with van der Waals surface area (Å²) >= 11 is 15.0. The first-order valence-electron chi connectivity index (χ1n) is 15.5. The summed E-state index contributed by atoms with van der Waals surface area (Å²) < 4.78 is 24.3. The number of carbonyl (C=O) groups excluding carboxylic acids is 2. The van der Waals surface area contributed by atoms with Gasteiger partial charge < -0.3 is 29.2 Å². The number of carboxylic acids is 2. The van der Waals surface area contributed by atoms with Crippen LogP contribution in [0.2, 0.25) is 0 Å². The number of rotatable bonds is 24. The molecule has 3 heterocycles. The van der Waals surface area contributed by atoms with Crippen LogP contribution in [0.3, 0.4) is 0 Å². The number of hydrogen-bond donors (Lipinski definition) is 2. The SMILES string of the molecule is O=C(O)/C=C/C(=O)OC(COCC1CSC(COCC(CSCCC2SCCS2)OC(=O)/C=C/C(=O)O)CS1)CSCCC1SCCS1. The van der Waals surface area contributed by atoms with Gasteiger partial charge in [0.15, 0.2) is 0 Å². The van der Waals surface area contributed by atoms with Crippen molar-refractivity contribution in [2.45, 2.75) is 44.7 Å². The average Bonchev–Trinajstić information content (AvgIpc) is 3.78. The summed E-state index contributed by atoms with van der Waals surface area (Å²) in [6, 6.07) is 0. The smallest absolute Gasteiger partial charge is 0.331 e. The van der Waals surface area contributed by atoms with Crippen LogP contribution in [0.25, 0.3) is 0 Å². The van der Waals surface area contributed by atoms with E-state index in [1.54, 1.807) is 23.5 Å². The Morgan fingerprint density at radius 2 is 1.02 bits per heavy atom. The van der Waals surface area contributed by atoms with Gasteiger partial charge in [0.05, 0.1) is 35.6 Å². The van der Waals surface area contributed by atoms with E-state index in [0.717, 1.165) is 60.2 Å². The summed E-state index contributed by atoms with van der Waals surface area (Å²) in [5.74, 6) is 5.86. The Balaban J connectivity index is 1.33. The molecular weight excluding hydrogens is 777 g/mol. The lowest BCUT2D eigenvalue weighted by atomic mass is 10.4. The molecular formula is C30H44O10S8. The summed E-state index contributed by atoms with van der Waals surface area (Å²) in [7, 11) is 0. The Kier molecular flexibility index (Phi) is 23.0. The van der Waals surface area contributed by atoms with Gasteiger partial charge in [-0.15, -0.1) is 47.0 Å². The van der Waals surface area contributed by atoms with Crippen molar-refractivity contribution in [3.63, 3.8) is 0 Å². The minimum absolute atomic E-state index is 0.249. The molecule has 2 N–H and O–H groups in total. The van der Waals surface area contributed by atoms with Gasteiger partial charge in [-0.05, 0) is 24.3 Å². The van der Waals surface area contributed by atoms with E-state index in [-0.39, 0.29) is 23.7 Å². The Bertz CT molecular complexity index is 951. The van der Waals surface area contributed by atoms with Crippen molar-refractivity contribution in [2.75, 3.05) is 84.0 Å². The zero-order chi connectivity index (χ0) is 34.4. The fourth-order valence-electron chi connectivity index (χ4n) is 4.29. The average molecular weight is 821 g/mol. The molecule has 3 aliphatic rings. The standard InChI is InChI=1S/C30H44O10S8/c31-25(32)1-3-27(35)39-21(17-41-7-5-29-43-9-10-44-29)13-37-15-23-19-48-24(20-47-23)16-38-14-22(40-28(36)4-2-26(33)34)18-42-8-6-30-45-11-12-46-30/h1-4,21-24,29-30H,5-20H2,(H,31,32)(H,33,34)/b3-1+,4-2+. The normalized spacial score (nSPS) is 21.9. The molecule has 0 bridgehead atoms. The van der Waals surface area contributed by atoms with Gasteiger partial charge in [0.1, 0.15) is 12.2 Å². The first-order valence-corrected chi connectivity index (χ1v) is 24.1. The van der Waals surface area contributed by atoms with Crippen molar-refractivity contribution in [1.82, 2.24) is 0 Å². The molecule has 18 heteroatoms. The van der Waals surface area contributed by atoms with E-state index in [2.05, 4.69) is 0 Å². The maximum atomic E-state index is 12.1. The summed E-state index contributed by atoms with van der Waals surface area (Å²) in [4.78, 5) is 45.8. The number of thioether (sulfide) groups is 8. The summed E-state index contributed by atoms with van der Waals surface area (Å²) in [5, 5.41) is 18.2. The molecule has 3 aliphatic heterocycles. The van der Waals surface area contributed by atoms with Crippen molar-refractivity contribution in [1.29, 1.82) is 0 Å². The van der Waals surface area contributed by atoms with E-state index in [1.807, 2.05) is 70.6 Å². The molecule has 3 fully saturated rings. The van der Waals surface area contributed by atoms with E-state index < -0.39 is 36.1 Å². The Hall–Kier alpha value is 0.0800. The first-order chi connectivity index (χ1) is 23.3. The van der Waals surface area contributed by atoms with Crippen molar-refractivity contribution in [3.8, 4) is 0 Å². The van der Waals surface area contributed by atoms with Crippen LogP contribution in [0.15, 0.2) is 24.3 Å². The van der Waals surface area contributed by atoms with Gasteiger partial charge >= 0.3 is 23.9 Å². The lowest BCUT2D eigenvalue weighted by molar-refractivity contribution is -0.145. The lowest BCUT2D eigenvalue weighted by Crippen LogP contribution is -2.32. The number of aliphatic carboxylic acids is 2. The van der Waals surface area contributed by atoms with E-state index in [4.69, 9.17) is 29.2 Å². The number of hydrogen-bond acceptors (Lipinski definition) is 16. The van der Waals surface area contributed by atoms with Crippen molar-refractivity contribution in [2.24, 2.45) is 0 Å². The highest BCUT2D eigenvalue weighted by molar-refractivity contribution is 8.20. The van der Waals surface area contributed by atoms with Crippen LogP contribution in [0.5, 0.6) is 0 Å². The quantitative estimate of drug-likeness (QED) is 0.0747. The van der Waals surface area contributed by atoms with Crippen molar-refractivity contribution < 1.29 is 48.3 Å². The Labute approximate surface area is 317 Å². The summed E-state index contributed by atoms with van der Waals surface area (Å²) in [6.45, 7) is 1.53. The van der Waals surface area contributed by atoms with Gasteiger partial charge in [-0.2, -0.15) is 47.0 Å². The van der Waals surface area contributed by atoms with Crippen LogP contribution < -0.4 is 0 Å². The van der Waals surface area contributed by atoms with Gasteiger partial charge in [0.2, 0.25) is 0 Å². The molecule has 4 atom stereocenters. The number of carbonyl (C=O) groups is 4. The van der Waals surface area contributed by atoms with Gasteiger partial charge in [0.25, 0.3) is 0 Å².